The summed E-state index contributed by atoms with van der Waals surface area (Å²) in [4.78, 5) is 19.4. The number of hydrogen-bond acceptors (Lipinski definition) is 6. The molecule has 0 aromatic carbocycles. The number of fused-ring (bicyclic) bond motifs is 2. The summed E-state index contributed by atoms with van der Waals surface area (Å²) in [6.07, 6.45) is 4.87. The van der Waals surface area contributed by atoms with Gasteiger partial charge < -0.3 is 10.6 Å². The van der Waals surface area contributed by atoms with Crippen molar-refractivity contribution in [2.24, 2.45) is 11.8 Å². The first-order valence-electron chi connectivity index (χ1n) is 7.62. The number of anilines is 2. The maximum Gasteiger partial charge on any atom is 0.332 e. The van der Waals surface area contributed by atoms with Crippen molar-refractivity contribution in [3.05, 3.63) is 15.8 Å². The Morgan fingerprint density at radius 1 is 1.33 bits per heavy atom. The highest BCUT2D eigenvalue weighted by atomic mass is 16.6. The largest absolute Gasteiger partial charge is 0.361 e. The second-order valence-corrected chi connectivity index (χ2v) is 6.04. The molecule has 2 fully saturated rings. The molecule has 2 saturated carbocycles. The van der Waals surface area contributed by atoms with Crippen molar-refractivity contribution in [2.45, 2.75) is 45.6 Å². The molecule has 0 spiro atoms. The molecule has 2 aliphatic rings. The van der Waals surface area contributed by atoms with Crippen molar-refractivity contribution in [2.75, 3.05) is 17.2 Å². The fraction of sp³-hybridized carbons (Fsp3) is 0.714. The minimum Gasteiger partial charge on any atom is -0.361 e. The number of rotatable bonds is 5. The van der Waals surface area contributed by atoms with Crippen LogP contribution in [0.15, 0.2) is 0 Å². The molecule has 1 aromatic rings. The molecule has 21 heavy (non-hydrogen) atoms. The predicted octanol–water partition coefficient (Wildman–Crippen LogP) is 2.73. The van der Waals surface area contributed by atoms with Gasteiger partial charge in [0.2, 0.25) is 11.8 Å². The molecular formula is C14H21N5O2. The van der Waals surface area contributed by atoms with Crippen LogP contribution in [0, 0.1) is 28.9 Å². The molecule has 7 heteroatoms. The number of hydrogen-bond donors (Lipinski definition) is 2. The molecule has 0 radical (unpaired) electrons. The van der Waals surface area contributed by atoms with Gasteiger partial charge in [-0.25, -0.2) is 4.98 Å². The minimum absolute atomic E-state index is 0.000531. The highest BCUT2D eigenvalue weighted by Gasteiger charge is 2.40. The van der Waals surface area contributed by atoms with Gasteiger partial charge in [0.05, 0.1) is 4.92 Å². The monoisotopic (exact) mass is 291 g/mol. The second kappa shape index (κ2) is 5.46. The first kappa shape index (κ1) is 14.0. The lowest BCUT2D eigenvalue weighted by Crippen LogP contribution is -2.27. The van der Waals surface area contributed by atoms with Gasteiger partial charge in [-0.05, 0) is 44.9 Å². The lowest BCUT2D eigenvalue weighted by Gasteiger charge is -2.23. The molecule has 2 aliphatic carbocycles. The standard InChI is InChI=1S/C14H21N5O2/c1-3-15-14-16-8(2)12(19(20)21)13(18-14)17-11-7-9-4-5-10(11)6-9/h9-11H,3-7H2,1-2H3,(H2,15,16,17,18). The van der Waals surface area contributed by atoms with E-state index in [9.17, 15) is 10.1 Å². The van der Waals surface area contributed by atoms with Gasteiger partial charge in [0.15, 0.2) is 0 Å². The Bertz CT molecular complexity index is 563. The lowest BCUT2D eigenvalue weighted by atomic mass is 9.95. The molecule has 114 valence electrons. The summed E-state index contributed by atoms with van der Waals surface area (Å²) < 4.78 is 0. The molecule has 0 saturated heterocycles. The second-order valence-electron chi connectivity index (χ2n) is 6.04. The van der Waals surface area contributed by atoms with Crippen molar-refractivity contribution in [3.8, 4) is 0 Å². The quantitative estimate of drug-likeness (QED) is 0.640. The van der Waals surface area contributed by atoms with Crippen LogP contribution in [0.2, 0.25) is 0 Å². The Morgan fingerprint density at radius 3 is 2.71 bits per heavy atom. The molecule has 1 heterocycles. The van der Waals surface area contributed by atoms with Crippen molar-refractivity contribution >= 4 is 17.5 Å². The fourth-order valence-corrected chi connectivity index (χ4v) is 3.72. The van der Waals surface area contributed by atoms with E-state index in [4.69, 9.17) is 0 Å². The lowest BCUT2D eigenvalue weighted by molar-refractivity contribution is -0.385. The maximum atomic E-state index is 11.3. The van der Waals surface area contributed by atoms with Gasteiger partial charge in [0, 0.05) is 12.6 Å². The molecule has 2 N–H and O–H groups in total. The number of nitro groups is 1. The van der Waals surface area contributed by atoms with E-state index in [0.717, 1.165) is 12.3 Å². The summed E-state index contributed by atoms with van der Waals surface area (Å²) in [7, 11) is 0. The number of nitrogens with one attached hydrogen (secondary N) is 2. The van der Waals surface area contributed by atoms with Crippen LogP contribution in [0.5, 0.6) is 0 Å². The zero-order valence-electron chi connectivity index (χ0n) is 12.4. The molecular weight excluding hydrogens is 270 g/mol. The zero-order valence-corrected chi connectivity index (χ0v) is 12.4. The Hall–Kier alpha value is -1.92. The Morgan fingerprint density at radius 2 is 2.14 bits per heavy atom. The first-order chi connectivity index (χ1) is 10.1. The van der Waals surface area contributed by atoms with E-state index in [1.54, 1.807) is 6.92 Å². The molecule has 0 aliphatic heterocycles. The van der Waals surface area contributed by atoms with Crippen LogP contribution in [0.3, 0.4) is 0 Å². The van der Waals surface area contributed by atoms with Crippen molar-refractivity contribution in [1.29, 1.82) is 0 Å². The highest BCUT2D eigenvalue weighted by Crippen LogP contribution is 2.46. The zero-order chi connectivity index (χ0) is 15.0. The van der Waals surface area contributed by atoms with Crippen LogP contribution in [-0.2, 0) is 0 Å². The number of aryl methyl sites for hydroxylation is 1. The maximum absolute atomic E-state index is 11.3. The molecule has 3 rings (SSSR count). The van der Waals surface area contributed by atoms with Crippen LogP contribution < -0.4 is 10.6 Å². The molecule has 0 amide bonds. The smallest absolute Gasteiger partial charge is 0.332 e. The summed E-state index contributed by atoms with van der Waals surface area (Å²) in [5.74, 6) is 2.22. The van der Waals surface area contributed by atoms with E-state index < -0.39 is 0 Å². The topological polar surface area (TPSA) is 93.0 Å². The number of aromatic nitrogens is 2. The number of nitrogens with zero attached hydrogens (tertiary/aromatic N) is 3. The first-order valence-corrected chi connectivity index (χ1v) is 7.62. The SMILES string of the molecule is CCNc1nc(C)c([N+](=O)[O-])c(NC2CC3CCC2C3)n1. The molecule has 3 unspecified atom stereocenters. The minimum atomic E-state index is -0.388. The van der Waals surface area contributed by atoms with E-state index in [0.29, 0.717) is 36.0 Å². The third kappa shape index (κ3) is 2.64. The van der Waals surface area contributed by atoms with Gasteiger partial charge in [-0.1, -0.05) is 6.42 Å². The van der Waals surface area contributed by atoms with E-state index in [2.05, 4.69) is 20.6 Å². The third-order valence-electron chi connectivity index (χ3n) is 4.64. The average Bonchev–Trinajstić information content (AvgIpc) is 3.00. The van der Waals surface area contributed by atoms with E-state index >= 15 is 0 Å². The van der Waals surface area contributed by atoms with Crippen molar-refractivity contribution in [3.63, 3.8) is 0 Å². The van der Waals surface area contributed by atoms with Crippen LogP contribution in [-0.4, -0.2) is 27.5 Å². The fourth-order valence-electron chi connectivity index (χ4n) is 3.72. The van der Waals surface area contributed by atoms with Crippen molar-refractivity contribution < 1.29 is 4.92 Å². The van der Waals surface area contributed by atoms with E-state index in [1.165, 1.54) is 19.3 Å². The van der Waals surface area contributed by atoms with E-state index in [1.807, 2.05) is 6.92 Å². The van der Waals surface area contributed by atoms with Gasteiger partial charge in [-0.2, -0.15) is 4.98 Å². The third-order valence-corrected chi connectivity index (χ3v) is 4.64. The van der Waals surface area contributed by atoms with Gasteiger partial charge in [-0.15, -0.1) is 0 Å². The Kier molecular flexibility index (Phi) is 3.65. The summed E-state index contributed by atoms with van der Waals surface area (Å²) in [5.41, 5.74) is 0.399. The predicted molar refractivity (Wildman–Crippen MR) is 80.4 cm³/mol. The molecule has 1 aromatic heterocycles. The summed E-state index contributed by atoms with van der Waals surface area (Å²) >= 11 is 0. The Balaban J connectivity index is 1.89. The van der Waals surface area contributed by atoms with Gasteiger partial charge in [-0.3, -0.25) is 10.1 Å². The van der Waals surface area contributed by atoms with Gasteiger partial charge >= 0.3 is 5.69 Å². The summed E-state index contributed by atoms with van der Waals surface area (Å²) in [6, 6.07) is 0.311. The molecule has 2 bridgehead atoms. The Labute approximate surface area is 123 Å². The van der Waals surface area contributed by atoms with Crippen LogP contribution >= 0.6 is 0 Å². The highest BCUT2D eigenvalue weighted by molar-refractivity contribution is 5.61. The molecule has 3 atom stereocenters. The normalized spacial score (nSPS) is 26.9. The van der Waals surface area contributed by atoms with Crippen molar-refractivity contribution in [1.82, 2.24) is 9.97 Å². The van der Waals surface area contributed by atoms with Gasteiger partial charge in [0.25, 0.3) is 0 Å². The van der Waals surface area contributed by atoms with Crippen LogP contribution in [0.4, 0.5) is 17.5 Å². The molecule has 7 nitrogen and oxygen atoms in total. The van der Waals surface area contributed by atoms with Crippen LogP contribution in [0.1, 0.15) is 38.3 Å². The average molecular weight is 291 g/mol. The van der Waals surface area contributed by atoms with Gasteiger partial charge in [0.1, 0.15) is 5.69 Å². The summed E-state index contributed by atoms with van der Waals surface area (Å²) in [6.45, 7) is 4.29. The van der Waals surface area contributed by atoms with E-state index in [-0.39, 0.29) is 10.6 Å². The van der Waals surface area contributed by atoms with Crippen LogP contribution in [0.25, 0.3) is 0 Å². The summed E-state index contributed by atoms with van der Waals surface area (Å²) in [5, 5.41) is 17.7.